The van der Waals surface area contributed by atoms with Crippen molar-refractivity contribution in [3.05, 3.63) is 17.6 Å². The van der Waals surface area contributed by atoms with E-state index in [2.05, 4.69) is 48.9 Å². The number of hydrogen-bond acceptors (Lipinski definition) is 6. The van der Waals surface area contributed by atoms with Gasteiger partial charge in [0, 0.05) is 68.8 Å². The molecule has 2 aliphatic carbocycles. The quantitative estimate of drug-likeness (QED) is 0.622. The Labute approximate surface area is 212 Å². The molecule has 3 fully saturated rings. The summed E-state index contributed by atoms with van der Waals surface area (Å²) in [4.78, 5) is 26.5. The highest BCUT2D eigenvalue weighted by Gasteiger charge is 2.34. The zero-order valence-corrected chi connectivity index (χ0v) is 22.8. The molecule has 1 amide bonds. The van der Waals surface area contributed by atoms with Gasteiger partial charge in [-0.3, -0.25) is 9.69 Å². The molecule has 2 saturated carbocycles. The minimum atomic E-state index is -0.0703. The van der Waals surface area contributed by atoms with E-state index in [9.17, 15) is 4.79 Å². The molecule has 1 saturated heterocycles. The Balaban J connectivity index is 1.33. The highest BCUT2D eigenvalue weighted by molar-refractivity contribution is 5.73. The van der Waals surface area contributed by atoms with Crippen LogP contribution in [-0.2, 0) is 14.9 Å². The van der Waals surface area contributed by atoms with Gasteiger partial charge in [0.15, 0.2) is 0 Å². The fourth-order valence-electron chi connectivity index (χ4n) is 5.97. The van der Waals surface area contributed by atoms with Gasteiger partial charge in [0.25, 0.3) is 0 Å². The summed E-state index contributed by atoms with van der Waals surface area (Å²) in [6.07, 6.45) is 8.52. The van der Waals surface area contributed by atoms with Gasteiger partial charge in [-0.25, -0.2) is 9.97 Å². The van der Waals surface area contributed by atoms with Crippen LogP contribution in [0.4, 0.5) is 5.82 Å². The Morgan fingerprint density at radius 2 is 1.86 bits per heavy atom. The predicted octanol–water partition coefficient (Wildman–Crippen LogP) is 4.26. The second kappa shape index (κ2) is 11.1. The van der Waals surface area contributed by atoms with E-state index >= 15 is 0 Å². The fourth-order valence-corrected chi connectivity index (χ4v) is 5.97. The summed E-state index contributed by atoms with van der Waals surface area (Å²) in [5.41, 5.74) is 1.12. The van der Waals surface area contributed by atoms with Crippen molar-refractivity contribution in [2.24, 2.45) is 5.92 Å². The lowest BCUT2D eigenvalue weighted by Gasteiger charge is -2.42. The molecule has 1 aliphatic heterocycles. The molecule has 1 aromatic rings. The number of anilines is 1. The van der Waals surface area contributed by atoms with Gasteiger partial charge >= 0.3 is 0 Å². The molecule has 7 heteroatoms. The molecule has 3 aliphatic rings. The standard InChI is InChI=1S/C28H47N5O2/c1-19-18-32(12-11-21-7-9-23(10-8-21)29-20(2)34)13-14-33(19)26-17-25(22-15-24(16-22)35-6)30-27(31-26)28(3,4)5/h17,19,21-24H,7-16,18H2,1-6H3,(H,29,34). The first kappa shape index (κ1) is 26.3. The average Bonchev–Trinajstić information content (AvgIpc) is 2.77. The van der Waals surface area contributed by atoms with Crippen molar-refractivity contribution >= 4 is 11.7 Å². The van der Waals surface area contributed by atoms with Crippen molar-refractivity contribution in [3.8, 4) is 0 Å². The Morgan fingerprint density at radius 3 is 2.46 bits per heavy atom. The molecule has 4 rings (SSSR count). The number of carbonyl (C=O) groups excluding carboxylic acids is 1. The van der Waals surface area contributed by atoms with Crippen molar-refractivity contribution in [3.63, 3.8) is 0 Å². The number of nitrogens with zero attached hydrogens (tertiary/aromatic N) is 4. The molecule has 7 nitrogen and oxygen atoms in total. The van der Waals surface area contributed by atoms with Crippen molar-refractivity contribution in [1.29, 1.82) is 0 Å². The maximum absolute atomic E-state index is 11.3. The third kappa shape index (κ3) is 6.73. The van der Waals surface area contributed by atoms with E-state index in [-0.39, 0.29) is 11.3 Å². The van der Waals surface area contributed by atoms with E-state index in [1.807, 2.05) is 7.11 Å². The Kier molecular flexibility index (Phi) is 8.37. The fraction of sp³-hybridized carbons (Fsp3) is 0.821. The number of piperazine rings is 1. The van der Waals surface area contributed by atoms with Gasteiger partial charge in [-0.05, 0) is 64.3 Å². The number of rotatable bonds is 7. The van der Waals surface area contributed by atoms with Crippen LogP contribution in [0.2, 0.25) is 0 Å². The Morgan fingerprint density at radius 1 is 1.14 bits per heavy atom. The predicted molar refractivity (Wildman–Crippen MR) is 141 cm³/mol. The van der Waals surface area contributed by atoms with E-state index in [4.69, 9.17) is 14.7 Å². The normalized spacial score (nSPS) is 30.1. The van der Waals surface area contributed by atoms with Crippen molar-refractivity contribution in [1.82, 2.24) is 20.2 Å². The lowest BCUT2D eigenvalue weighted by atomic mass is 9.79. The molecule has 1 aromatic heterocycles. The Hall–Kier alpha value is -1.73. The molecule has 0 bridgehead atoms. The van der Waals surface area contributed by atoms with Crippen LogP contribution in [0.5, 0.6) is 0 Å². The van der Waals surface area contributed by atoms with Crippen molar-refractivity contribution in [2.45, 2.75) is 109 Å². The topological polar surface area (TPSA) is 70.6 Å². The molecule has 2 heterocycles. The first-order valence-corrected chi connectivity index (χ1v) is 13.8. The van der Waals surface area contributed by atoms with Crippen LogP contribution in [0.1, 0.15) is 97.0 Å². The molecule has 0 aromatic carbocycles. The van der Waals surface area contributed by atoms with Crippen LogP contribution >= 0.6 is 0 Å². The average molecular weight is 486 g/mol. The Bertz CT molecular complexity index is 855. The third-order valence-corrected chi connectivity index (χ3v) is 8.36. The van der Waals surface area contributed by atoms with Crippen molar-refractivity contribution in [2.75, 3.05) is 38.2 Å². The van der Waals surface area contributed by atoms with Crippen LogP contribution in [0, 0.1) is 5.92 Å². The molecular weight excluding hydrogens is 438 g/mol. The maximum Gasteiger partial charge on any atom is 0.217 e. The van der Waals surface area contributed by atoms with Crippen molar-refractivity contribution < 1.29 is 9.53 Å². The SMILES string of the molecule is COC1CC(c2cc(N3CCN(CCC4CCC(NC(C)=O)CC4)CC3C)nc(C(C)(C)C)n2)C1. The molecule has 35 heavy (non-hydrogen) atoms. The van der Waals surface area contributed by atoms with Gasteiger partial charge in [-0.15, -0.1) is 0 Å². The summed E-state index contributed by atoms with van der Waals surface area (Å²) in [5.74, 6) is 3.45. The van der Waals surface area contributed by atoms with Crippen LogP contribution in [0.3, 0.4) is 0 Å². The number of aromatic nitrogens is 2. The zero-order chi connectivity index (χ0) is 25.2. The minimum Gasteiger partial charge on any atom is -0.381 e. The molecule has 0 radical (unpaired) electrons. The molecule has 1 unspecified atom stereocenters. The number of methoxy groups -OCH3 is 1. The molecule has 196 valence electrons. The monoisotopic (exact) mass is 485 g/mol. The summed E-state index contributed by atoms with van der Waals surface area (Å²) in [7, 11) is 1.81. The summed E-state index contributed by atoms with van der Waals surface area (Å²) >= 11 is 0. The summed E-state index contributed by atoms with van der Waals surface area (Å²) in [6.45, 7) is 15.0. The van der Waals surface area contributed by atoms with Crippen LogP contribution in [0.25, 0.3) is 0 Å². The first-order chi connectivity index (χ1) is 16.6. The zero-order valence-electron chi connectivity index (χ0n) is 22.8. The lowest BCUT2D eigenvalue weighted by Crippen LogP contribution is -2.52. The first-order valence-electron chi connectivity index (χ1n) is 13.8. The summed E-state index contributed by atoms with van der Waals surface area (Å²) in [6, 6.07) is 3.08. The highest BCUT2D eigenvalue weighted by atomic mass is 16.5. The van der Waals surface area contributed by atoms with E-state index in [1.54, 1.807) is 6.92 Å². The summed E-state index contributed by atoms with van der Waals surface area (Å²) < 4.78 is 5.52. The molecule has 1 N–H and O–H groups in total. The smallest absolute Gasteiger partial charge is 0.217 e. The van der Waals surface area contributed by atoms with Crippen LogP contribution in [-0.4, -0.2) is 72.3 Å². The number of carbonyl (C=O) groups is 1. The van der Waals surface area contributed by atoms with Crippen LogP contribution in [0.15, 0.2) is 6.07 Å². The van der Waals surface area contributed by atoms with E-state index < -0.39 is 0 Å². The molecule has 0 spiro atoms. The largest absolute Gasteiger partial charge is 0.381 e. The lowest BCUT2D eigenvalue weighted by molar-refractivity contribution is -0.119. The molecule has 1 atom stereocenters. The van der Waals surface area contributed by atoms with Gasteiger partial charge in [0.1, 0.15) is 11.6 Å². The third-order valence-electron chi connectivity index (χ3n) is 8.36. The number of amides is 1. The van der Waals surface area contributed by atoms with Crippen LogP contribution < -0.4 is 10.2 Å². The van der Waals surface area contributed by atoms with E-state index in [0.29, 0.717) is 24.1 Å². The highest BCUT2D eigenvalue weighted by Crippen LogP contribution is 2.39. The maximum atomic E-state index is 11.3. The van der Waals surface area contributed by atoms with Gasteiger partial charge in [0.05, 0.1) is 6.10 Å². The number of ether oxygens (including phenoxy) is 1. The van der Waals surface area contributed by atoms with E-state index in [0.717, 1.165) is 62.9 Å². The second-order valence-electron chi connectivity index (χ2n) is 12.3. The number of nitrogens with one attached hydrogen (secondary N) is 1. The minimum absolute atomic E-state index is 0.0703. The van der Waals surface area contributed by atoms with Gasteiger partial charge in [-0.2, -0.15) is 0 Å². The van der Waals surface area contributed by atoms with E-state index in [1.165, 1.54) is 31.5 Å². The van der Waals surface area contributed by atoms with Gasteiger partial charge in [0.2, 0.25) is 5.91 Å². The second-order valence-corrected chi connectivity index (χ2v) is 12.3. The number of hydrogen-bond donors (Lipinski definition) is 1. The van der Waals surface area contributed by atoms with Gasteiger partial charge in [-0.1, -0.05) is 20.8 Å². The summed E-state index contributed by atoms with van der Waals surface area (Å²) in [5, 5.41) is 3.10. The van der Waals surface area contributed by atoms with Gasteiger partial charge < -0.3 is 15.0 Å². The molecular formula is C28H47N5O2.